The van der Waals surface area contributed by atoms with E-state index in [4.69, 9.17) is 4.74 Å². The van der Waals surface area contributed by atoms with E-state index in [-0.39, 0.29) is 0 Å². The molecular formula is C14H16O4. The molecule has 4 nitrogen and oxygen atoms in total. The number of aliphatic carboxylic acids is 1. The molecule has 1 N–H and O–H groups in total. The van der Waals surface area contributed by atoms with Crippen LogP contribution in [0.3, 0.4) is 0 Å². The van der Waals surface area contributed by atoms with E-state index in [2.05, 4.69) is 0 Å². The molecule has 2 rings (SSSR count). The summed E-state index contributed by atoms with van der Waals surface area (Å²) >= 11 is 0. The second-order valence-corrected chi connectivity index (χ2v) is 4.52. The molecule has 1 saturated heterocycles. The Morgan fingerprint density at radius 3 is 2.56 bits per heavy atom. The van der Waals surface area contributed by atoms with Gasteiger partial charge in [-0.1, -0.05) is 43.7 Å². The largest absolute Gasteiger partial charge is 0.481 e. The average molecular weight is 248 g/mol. The fraction of sp³-hybridized carbons (Fsp3) is 0.429. The number of carboxylic acid groups (broad SMARTS) is 1. The van der Waals surface area contributed by atoms with Gasteiger partial charge in [0.05, 0.1) is 5.92 Å². The Kier molecular flexibility index (Phi) is 3.65. The summed E-state index contributed by atoms with van der Waals surface area (Å²) in [6.07, 6.45) is 0.875. The van der Waals surface area contributed by atoms with Crippen LogP contribution in [0, 0.1) is 5.92 Å². The minimum Gasteiger partial charge on any atom is -0.481 e. The van der Waals surface area contributed by atoms with Crippen LogP contribution in [-0.2, 0) is 14.3 Å². The summed E-state index contributed by atoms with van der Waals surface area (Å²) < 4.78 is 5.22. The maximum absolute atomic E-state index is 11.9. The minimum absolute atomic E-state index is 0.424. The first-order chi connectivity index (χ1) is 8.65. The SMILES string of the molecule is CCC[C@H]1OC(=O)[C@@H](c2ccccc2)[C@@H]1C(=O)O. The molecule has 4 heteroatoms. The third kappa shape index (κ3) is 2.23. The van der Waals surface area contributed by atoms with Crippen molar-refractivity contribution >= 4 is 11.9 Å². The molecule has 0 spiro atoms. The molecule has 0 bridgehead atoms. The van der Waals surface area contributed by atoms with Gasteiger partial charge in [-0.05, 0) is 12.0 Å². The molecular weight excluding hydrogens is 232 g/mol. The fourth-order valence-corrected chi connectivity index (χ4v) is 2.49. The first-order valence-corrected chi connectivity index (χ1v) is 6.13. The van der Waals surface area contributed by atoms with Crippen LogP contribution in [-0.4, -0.2) is 23.1 Å². The predicted octanol–water partition coefficient (Wildman–Crippen LogP) is 2.20. The van der Waals surface area contributed by atoms with E-state index in [1.807, 2.05) is 13.0 Å². The monoisotopic (exact) mass is 248 g/mol. The summed E-state index contributed by atoms with van der Waals surface area (Å²) in [5, 5.41) is 9.33. The molecule has 0 amide bonds. The lowest BCUT2D eigenvalue weighted by atomic mass is 9.84. The van der Waals surface area contributed by atoms with Crippen molar-refractivity contribution in [3.8, 4) is 0 Å². The predicted molar refractivity (Wildman–Crippen MR) is 65.1 cm³/mol. The molecule has 96 valence electrons. The first-order valence-electron chi connectivity index (χ1n) is 6.13. The third-order valence-corrected chi connectivity index (χ3v) is 3.30. The van der Waals surface area contributed by atoms with Crippen LogP contribution >= 0.6 is 0 Å². The number of carboxylic acids is 1. The van der Waals surface area contributed by atoms with Gasteiger partial charge >= 0.3 is 11.9 Å². The van der Waals surface area contributed by atoms with E-state index in [9.17, 15) is 14.7 Å². The van der Waals surface area contributed by atoms with Crippen LogP contribution in [0.2, 0.25) is 0 Å². The van der Waals surface area contributed by atoms with Gasteiger partial charge in [-0.25, -0.2) is 0 Å². The van der Waals surface area contributed by atoms with Crippen LogP contribution in [0.1, 0.15) is 31.2 Å². The first kappa shape index (κ1) is 12.6. The van der Waals surface area contributed by atoms with E-state index < -0.39 is 29.9 Å². The van der Waals surface area contributed by atoms with Crippen molar-refractivity contribution in [3.05, 3.63) is 35.9 Å². The zero-order chi connectivity index (χ0) is 13.1. The fourth-order valence-electron chi connectivity index (χ4n) is 2.49. The quantitative estimate of drug-likeness (QED) is 0.830. The van der Waals surface area contributed by atoms with Crippen LogP contribution in [0.15, 0.2) is 30.3 Å². The lowest BCUT2D eigenvalue weighted by Gasteiger charge is -2.16. The van der Waals surface area contributed by atoms with Crippen LogP contribution in [0.4, 0.5) is 0 Å². The van der Waals surface area contributed by atoms with Gasteiger partial charge in [0, 0.05) is 0 Å². The summed E-state index contributed by atoms with van der Waals surface area (Å²) in [5.74, 6) is -2.85. The van der Waals surface area contributed by atoms with Crippen LogP contribution < -0.4 is 0 Å². The van der Waals surface area contributed by atoms with Crippen molar-refractivity contribution in [1.29, 1.82) is 0 Å². The number of hydrogen-bond donors (Lipinski definition) is 1. The Balaban J connectivity index is 2.33. The van der Waals surface area contributed by atoms with E-state index in [0.717, 1.165) is 6.42 Å². The number of rotatable bonds is 4. The highest BCUT2D eigenvalue weighted by Crippen LogP contribution is 2.38. The molecule has 0 unspecified atom stereocenters. The molecule has 1 heterocycles. The second-order valence-electron chi connectivity index (χ2n) is 4.52. The van der Waals surface area contributed by atoms with Crippen molar-refractivity contribution in [2.24, 2.45) is 5.92 Å². The third-order valence-electron chi connectivity index (χ3n) is 3.30. The number of ether oxygens (including phenoxy) is 1. The Labute approximate surface area is 106 Å². The van der Waals surface area contributed by atoms with Crippen molar-refractivity contribution in [1.82, 2.24) is 0 Å². The summed E-state index contributed by atoms with van der Waals surface area (Å²) in [7, 11) is 0. The van der Waals surface area contributed by atoms with Crippen molar-refractivity contribution < 1.29 is 19.4 Å². The zero-order valence-electron chi connectivity index (χ0n) is 10.2. The Morgan fingerprint density at radius 1 is 1.33 bits per heavy atom. The lowest BCUT2D eigenvalue weighted by Crippen LogP contribution is -2.28. The normalized spacial score (nSPS) is 26.9. The molecule has 3 atom stereocenters. The van der Waals surface area contributed by atoms with Crippen molar-refractivity contribution in [2.45, 2.75) is 31.8 Å². The highest BCUT2D eigenvalue weighted by atomic mass is 16.6. The zero-order valence-corrected chi connectivity index (χ0v) is 10.2. The topological polar surface area (TPSA) is 63.6 Å². The van der Waals surface area contributed by atoms with Gasteiger partial charge in [-0.2, -0.15) is 0 Å². The molecule has 1 aromatic rings. The number of carbonyl (C=O) groups is 2. The van der Waals surface area contributed by atoms with Crippen LogP contribution in [0.25, 0.3) is 0 Å². The van der Waals surface area contributed by atoms with Gasteiger partial charge in [0.1, 0.15) is 12.0 Å². The maximum Gasteiger partial charge on any atom is 0.314 e. The highest BCUT2D eigenvalue weighted by Gasteiger charge is 2.49. The number of carbonyl (C=O) groups excluding carboxylic acids is 1. The summed E-state index contributed by atoms with van der Waals surface area (Å²) in [4.78, 5) is 23.3. The molecule has 0 radical (unpaired) electrons. The Hall–Kier alpha value is -1.84. The molecule has 0 aliphatic carbocycles. The number of hydrogen-bond acceptors (Lipinski definition) is 3. The molecule has 0 saturated carbocycles. The van der Waals surface area contributed by atoms with Crippen molar-refractivity contribution in [2.75, 3.05) is 0 Å². The summed E-state index contributed by atoms with van der Waals surface area (Å²) in [6, 6.07) is 8.98. The van der Waals surface area contributed by atoms with E-state index in [1.54, 1.807) is 24.3 Å². The summed E-state index contributed by atoms with van der Waals surface area (Å²) in [5.41, 5.74) is 0.716. The molecule has 1 fully saturated rings. The second kappa shape index (κ2) is 5.21. The highest BCUT2D eigenvalue weighted by molar-refractivity contribution is 5.89. The molecule has 1 aromatic carbocycles. The number of cyclic esters (lactones) is 1. The number of benzene rings is 1. The number of esters is 1. The van der Waals surface area contributed by atoms with E-state index in [1.165, 1.54) is 0 Å². The minimum atomic E-state index is -0.965. The standard InChI is InChI=1S/C14H16O4/c1-2-6-10-12(13(15)16)11(14(17)18-10)9-7-4-3-5-8-9/h3-5,7-8,10-12H,2,6H2,1H3,(H,15,16)/t10-,11+,12-/m1/s1. The smallest absolute Gasteiger partial charge is 0.314 e. The van der Waals surface area contributed by atoms with Gasteiger partial charge < -0.3 is 9.84 Å². The summed E-state index contributed by atoms with van der Waals surface area (Å²) in [6.45, 7) is 1.95. The average Bonchev–Trinajstić information content (AvgIpc) is 2.67. The van der Waals surface area contributed by atoms with Crippen LogP contribution in [0.5, 0.6) is 0 Å². The van der Waals surface area contributed by atoms with Gasteiger partial charge in [0.15, 0.2) is 0 Å². The Morgan fingerprint density at radius 2 is 2.00 bits per heavy atom. The van der Waals surface area contributed by atoms with Gasteiger partial charge in [-0.15, -0.1) is 0 Å². The van der Waals surface area contributed by atoms with E-state index in [0.29, 0.717) is 12.0 Å². The van der Waals surface area contributed by atoms with Gasteiger partial charge in [-0.3, -0.25) is 9.59 Å². The van der Waals surface area contributed by atoms with E-state index >= 15 is 0 Å². The Bertz CT molecular complexity index is 440. The molecule has 1 aliphatic heterocycles. The molecule has 1 aliphatic rings. The van der Waals surface area contributed by atoms with Gasteiger partial charge in [0.2, 0.25) is 0 Å². The molecule has 0 aromatic heterocycles. The van der Waals surface area contributed by atoms with Crippen molar-refractivity contribution in [3.63, 3.8) is 0 Å². The molecule has 18 heavy (non-hydrogen) atoms. The van der Waals surface area contributed by atoms with Gasteiger partial charge in [0.25, 0.3) is 0 Å². The maximum atomic E-state index is 11.9. The lowest BCUT2D eigenvalue weighted by molar-refractivity contribution is -0.144.